The Morgan fingerprint density at radius 2 is 2.53 bits per heavy atom. The lowest BCUT2D eigenvalue weighted by Crippen LogP contribution is -2.28. The Labute approximate surface area is 105 Å². The molecule has 0 radical (unpaired) electrons. The summed E-state index contributed by atoms with van der Waals surface area (Å²) in [6.07, 6.45) is 3.33. The molecule has 2 heterocycles. The van der Waals surface area contributed by atoms with E-state index in [0.717, 1.165) is 16.8 Å². The van der Waals surface area contributed by atoms with Crippen LogP contribution in [0.15, 0.2) is 15.8 Å². The lowest BCUT2D eigenvalue weighted by molar-refractivity contribution is 0.379. The zero-order valence-electron chi connectivity index (χ0n) is 10.2. The first kappa shape index (κ1) is 12.4. The van der Waals surface area contributed by atoms with Gasteiger partial charge in [-0.3, -0.25) is 4.99 Å². The SMILES string of the molecule is CC(C)CC1CSC(=NCCc2ncno2)N1. The molecule has 1 aromatic heterocycles. The summed E-state index contributed by atoms with van der Waals surface area (Å²) in [5.74, 6) is 2.50. The lowest BCUT2D eigenvalue weighted by Gasteiger charge is -2.11. The number of nitrogens with one attached hydrogen (secondary N) is 1. The van der Waals surface area contributed by atoms with Crippen LogP contribution in [-0.2, 0) is 6.42 Å². The minimum atomic E-state index is 0.571. The first-order chi connectivity index (χ1) is 8.24. The third kappa shape index (κ3) is 4.03. The molecule has 0 aromatic carbocycles. The van der Waals surface area contributed by atoms with E-state index < -0.39 is 0 Å². The van der Waals surface area contributed by atoms with Gasteiger partial charge in [0.25, 0.3) is 0 Å². The Morgan fingerprint density at radius 1 is 1.65 bits per heavy atom. The molecule has 0 bridgehead atoms. The number of nitrogens with zero attached hydrogens (tertiary/aromatic N) is 3. The van der Waals surface area contributed by atoms with E-state index in [2.05, 4.69) is 34.3 Å². The van der Waals surface area contributed by atoms with Crippen LogP contribution >= 0.6 is 11.8 Å². The van der Waals surface area contributed by atoms with Crippen LogP contribution in [0.2, 0.25) is 0 Å². The van der Waals surface area contributed by atoms with Crippen molar-refractivity contribution >= 4 is 16.9 Å². The molecule has 94 valence electrons. The van der Waals surface area contributed by atoms with Crippen molar-refractivity contribution in [3.05, 3.63) is 12.2 Å². The molecule has 1 aliphatic rings. The second-order valence-electron chi connectivity index (χ2n) is 4.55. The van der Waals surface area contributed by atoms with Gasteiger partial charge in [-0.15, -0.1) is 0 Å². The van der Waals surface area contributed by atoms with Crippen molar-refractivity contribution < 1.29 is 4.52 Å². The van der Waals surface area contributed by atoms with Gasteiger partial charge in [0.05, 0.1) is 6.54 Å². The fourth-order valence-corrected chi connectivity index (χ4v) is 2.80. The van der Waals surface area contributed by atoms with Crippen molar-refractivity contribution in [1.29, 1.82) is 0 Å². The largest absolute Gasteiger partial charge is 0.361 e. The second-order valence-corrected chi connectivity index (χ2v) is 5.56. The van der Waals surface area contributed by atoms with Crippen molar-refractivity contribution in [1.82, 2.24) is 15.5 Å². The summed E-state index contributed by atoms with van der Waals surface area (Å²) in [7, 11) is 0. The number of hydrogen-bond donors (Lipinski definition) is 1. The summed E-state index contributed by atoms with van der Waals surface area (Å²) in [6.45, 7) is 5.19. The van der Waals surface area contributed by atoms with E-state index in [-0.39, 0.29) is 0 Å². The highest BCUT2D eigenvalue weighted by Gasteiger charge is 2.20. The minimum Gasteiger partial charge on any atom is -0.361 e. The van der Waals surface area contributed by atoms with Gasteiger partial charge in [0.15, 0.2) is 11.5 Å². The standard InChI is InChI=1S/C11H18N4OS/c1-8(2)5-9-6-17-11(15-9)12-4-3-10-13-7-14-16-10/h7-9H,3-6H2,1-2H3,(H,12,15). The van der Waals surface area contributed by atoms with Crippen LogP contribution in [0.3, 0.4) is 0 Å². The molecule has 0 spiro atoms. The maximum absolute atomic E-state index is 4.91. The van der Waals surface area contributed by atoms with Crippen LogP contribution in [0.5, 0.6) is 0 Å². The Balaban J connectivity index is 1.72. The van der Waals surface area contributed by atoms with E-state index in [4.69, 9.17) is 4.52 Å². The first-order valence-electron chi connectivity index (χ1n) is 5.93. The molecule has 0 saturated carbocycles. The maximum Gasteiger partial charge on any atom is 0.228 e. The van der Waals surface area contributed by atoms with Gasteiger partial charge < -0.3 is 9.84 Å². The van der Waals surface area contributed by atoms with Crippen LogP contribution in [0.25, 0.3) is 0 Å². The van der Waals surface area contributed by atoms with Gasteiger partial charge in [-0.25, -0.2) is 0 Å². The maximum atomic E-state index is 4.91. The molecule has 17 heavy (non-hydrogen) atoms. The van der Waals surface area contributed by atoms with Crippen molar-refractivity contribution in [2.45, 2.75) is 32.7 Å². The van der Waals surface area contributed by atoms with Crippen LogP contribution < -0.4 is 5.32 Å². The minimum absolute atomic E-state index is 0.571. The molecule has 1 fully saturated rings. The molecule has 6 heteroatoms. The van der Waals surface area contributed by atoms with E-state index in [9.17, 15) is 0 Å². The predicted octanol–water partition coefficient (Wildman–Crippen LogP) is 1.72. The van der Waals surface area contributed by atoms with Gasteiger partial charge >= 0.3 is 0 Å². The predicted molar refractivity (Wildman–Crippen MR) is 69.1 cm³/mol. The van der Waals surface area contributed by atoms with Gasteiger partial charge in [-0.05, 0) is 12.3 Å². The lowest BCUT2D eigenvalue weighted by atomic mass is 10.1. The third-order valence-corrected chi connectivity index (χ3v) is 3.58. The molecule has 1 aromatic rings. The van der Waals surface area contributed by atoms with Gasteiger partial charge in [0, 0.05) is 18.2 Å². The summed E-state index contributed by atoms with van der Waals surface area (Å²) in [5.41, 5.74) is 0. The number of thioether (sulfide) groups is 1. The summed E-state index contributed by atoms with van der Waals surface area (Å²) in [4.78, 5) is 8.46. The van der Waals surface area contributed by atoms with Crippen LogP contribution in [0, 0.1) is 5.92 Å². The normalized spacial score (nSPS) is 22.3. The monoisotopic (exact) mass is 254 g/mol. The van der Waals surface area contributed by atoms with Crippen molar-refractivity contribution in [2.75, 3.05) is 12.3 Å². The Bertz CT molecular complexity index is 364. The third-order valence-electron chi connectivity index (χ3n) is 2.49. The van der Waals surface area contributed by atoms with Crippen molar-refractivity contribution in [2.24, 2.45) is 10.9 Å². The van der Waals surface area contributed by atoms with Crippen LogP contribution in [-0.4, -0.2) is 33.6 Å². The molecule has 0 amide bonds. The zero-order valence-corrected chi connectivity index (χ0v) is 11.0. The molecule has 1 saturated heterocycles. The fourth-order valence-electron chi connectivity index (χ4n) is 1.78. The van der Waals surface area contributed by atoms with E-state index >= 15 is 0 Å². The summed E-state index contributed by atoms with van der Waals surface area (Å²) >= 11 is 1.80. The molecule has 1 aliphatic heterocycles. The van der Waals surface area contributed by atoms with Gasteiger partial charge in [0.2, 0.25) is 5.89 Å². The van der Waals surface area contributed by atoms with E-state index in [1.54, 1.807) is 11.8 Å². The number of hydrogen-bond acceptors (Lipinski definition) is 5. The number of amidine groups is 1. The van der Waals surface area contributed by atoms with Crippen LogP contribution in [0.1, 0.15) is 26.2 Å². The summed E-state index contributed by atoms with van der Waals surface area (Å²) in [5, 5.41) is 8.06. The molecule has 1 N–H and O–H groups in total. The molecule has 0 aliphatic carbocycles. The highest BCUT2D eigenvalue weighted by atomic mass is 32.2. The highest BCUT2D eigenvalue weighted by Crippen LogP contribution is 2.18. The van der Waals surface area contributed by atoms with E-state index in [0.29, 0.717) is 24.9 Å². The molecule has 1 atom stereocenters. The van der Waals surface area contributed by atoms with Crippen molar-refractivity contribution in [3.8, 4) is 0 Å². The van der Waals surface area contributed by atoms with Crippen LogP contribution in [0.4, 0.5) is 0 Å². The van der Waals surface area contributed by atoms with E-state index in [1.807, 2.05) is 0 Å². The molecule has 2 rings (SSSR count). The van der Waals surface area contributed by atoms with Gasteiger partial charge in [-0.2, -0.15) is 4.98 Å². The number of aromatic nitrogens is 2. The topological polar surface area (TPSA) is 63.3 Å². The molecular weight excluding hydrogens is 236 g/mol. The summed E-state index contributed by atoms with van der Waals surface area (Å²) < 4.78 is 4.91. The van der Waals surface area contributed by atoms with Crippen molar-refractivity contribution in [3.63, 3.8) is 0 Å². The Kier molecular flexibility index (Phi) is 4.42. The highest BCUT2D eigenvalue weighted by molar-refractivity contribution is 8.14. The van der Waals surface area contributed by atoms with E-state index in [1.165, 1.54) is 12.7 Å². The number of aliphatic imine (C=N–C) groups is 1. The zero-order chi connectivity index (χ0) is 12.1. The smallest absolute Gasteiger partial charge is 0.228 e. The summed E-state index contributed by atoms with van der Waals surface area (Å²) in [6, 6.07) is 0.571. The van der Waals surface area contributed by atoms with Gasteiger partial charge in [0.1, 0.15) is 0 Å². The Hall–Kier alpha value is -1.04. The molecular formula is C11H18N4OS. The average molecular weight is 254 g/mol. The fraction of sp³-hybridized carbons (Fsp3) is 0.727. The molecule has 1 unspecified atom stereocenters. The Morgan fingerprint density at radius 3 is 3.24 bits per heavy atom. The quantitative estimate of drug-likeness (QED) is 0.866. The first-order valence-corrected chi connectivity index (χ1v) is 6.92. The number of rotatable bonds is 5. The van der Waals surface area contributed by atoms with Gasteiger partial charge in [-0.1, -0.05) is 30.8 Å². The average Bonchev–Trinajstić information content (AvgIpc) is 2.89. The molecule has 5 nitrogen and oxygen atoms in total. The second kappa shape index (κ2) is 6.05.